The van der Waals surface area contributed by atoms with Crippen LogP contribution in [0.3, 0.4) is 0 Å². The molecule has 1 aliphatic rings. The van der Waals surface area contributed by atoms with Crippen molar-refractivity contribution in [2.24, 2.45) is 4.99 Å². The van der Waals surface area contributed by atoms with Crippen molar-refractivity contribution >= 4 is 11.7 Å². The minimum Gasteiger partial charge on any atom is -0.458 e. The number of carbonyl (C=O) groups is 1. The van der Waals surface area contributed by atoms with Crippen molar-refractivity contribution in [2.75, 3.05) is 13.2 Å². The lowest BCUT2D eigenvalue weighted by Crippen LogP contribution is -2.23. The van der Waals surface area contributed by atoms with Crippen LogP contribution in [0.25, 0.3) is 11.1 Å². The average molecular weight is 319 g/mol. The van der Waals surface area contributed by atoms with Crippen LogP contribution in [0.1, 0.15) is 17.6 Å². The van der Waals surface area contributed by atoms with E-state index >= 15 is 0 Å². The Balaban J connectivity index is 1.89. The van der Waals surface area contributed by atoms with Crippen molar-refractivity contribution in [3.8, 4) is 11.1 Å². The van der Waals surface area contributed by atoms with E-state index < -0.39 is 18.2 Å². The Morgan fingerprint density at radius 1 is 1.04 bits per heavy atom. The fraction of sp³-hybridized carbons (Fsp3) is 0.176. The smallest absolute Gasteiger partial charge is 0.328 e. The number of cyclic esters (lactones) is 1. The maximum Gasteiger partial charge on any atom is 0.328 e. The first-order valence-corrected chi connectivity index (χ1v) is 6.92. The van der Waals surface area contributed by atoms with Crippen molar-refractivity contribution in [3.63, 3.8) is 0 Å². The zero-order chi connectivity index (χ0) is 16.4. The van der Waals surface area contributed by atoms with Crippen molar-refractivity contribution in [2.45, 2.75) is 6.43 Å². The predicted molar refractivity (Wildman–Crippen MR) is 79.2 cm³/mol. The zero-order valence-corrected chi connectivity index (χ0v) is 11.9. The normalized spacial score (nSPS) is 14.6. The molecule has 1 aliphatic heterocycles. The van der Waals surface area contributed by atoms with Crippen molar-refractivity contribution in [3.05, 3.63) is 59.4 Å². The van der Waals surface area contributed by atoms with Crippen LogP contribution >= 0.6 is 0 Å². The van der Waals surface area contributed by atoms with Gasteiger partial charge in [-0.2, -0.15) is 0 Å². The van der Waals surface area contributed by atoms with Crippen LogP contribution in [0.4, 0.5) is 13.2 Å². The van der Waals surface area contributed by atoms with Gasteiger partial charge in [-0.3, -0.25) is 9.79 Å². The number of rotatable bonds is 3. The summed E-state index contributed by atoms with van der Waals surface area (Å²) in [6, 6.07) is 9.99. The quantitative estimate of drug-likeness (QED) is 0.808. The third-order valence-corrected chi connectivity index (χ3v) is 3.54. The second kappa shape index (κ2) is 6.24. The Morgan fingerprint density at radius 2 is 1.74 bits per heavy atom. The monoisotopic (exact) mass is 319 g/mol. The number of aliphatic imine (C=N–C) groups is 1. The van der Waals surface area contributed by atoms with Gasteiger partial charge in [-0.1, -0.05) is 36.4 Å². The van der Waals surface area contributed by atoms with Gasteiger partial charge in [0.15, 0.2) is 0 Å². The highest BCUT2D eigenvalue weighted by molar-refractivity contribution is 6.04. The number of halogens is 3. The van der Waals surface area contributed by atoms with E-state index in [2.05, 4.69) is 4.99 Å². The van der Waals surface area contributed by atoms with Gasteiger partial charge in [0.25, 0.3) is 6.43 Å². The summed E-state index contributed by atoms with van der Waals surface area (Å²) in [4.78, 5) is 15.0. The minimum atomic E-state index is -2.55. The predicted octanol–water partition coefficient (Wildman–Crippen LogP) is 3.78. The van der Waals surface area contributed by atoms with Crippen LogP contribution in [0.2, 0.25) is 0 Å². The molecule has 0 aliphatic carbocycles. The summed E-state index contributed by atoms with van der Waals surface area (Å²) in [6.07, 6.45) is -2.55. The van der Waals surface area contributed by atoms with E-state index in [1.54, 1.807) is 12.1 Å². The lowest BCUT2D eigenvalue weighted by Gasteiger charge is -2.13. The molecule has 118 valence electrons. The summed E-state index contributed by atoms with van der Waals surface area (Å²) in [6.45, 7) is -0.0610. The number of carbonyl (C=O) groups excluding carboxylic acids is 1. The molecule has 0 saturated heterocycles. The Kier molecular flexibility index (Phi) is 4.14. The van der Waals surface area contributed by atoms with Crippen molar-refractivity contribution in [1.82, 2.24) is 0 Å². The zero-order valence-electron chi connectivity index (χ0n) is 11.9. The molecule has 0 saturated carbocycles. The number of benzene rings is 2. The summed E-state index contributed by atoms with van der Waals surface area (Å²) >= 11 is 0. The molecular formula is C17H12F3NO2. The number of hydrogen-bond acceptors (Lipinski definition) is 3. The maximum atomic E-state index is 14.3. The van der Waals surface area contributed by atoms with Gasteiger partial charge in [0.1, 0.15) is 19.0 Å². The van der Waals surface area contributed by atoms with Crippen LogP contribution in [0.5, 0.6) is 0 Å². The molecule has 1 heterocycles. The molecule has 2 aromatic rings. The SMILES string of the molecule is O=C1CN=C(c2ccc(-c3ccc(C(F)F)cc3)c(F)c2)CO1. The van der Waals surface area contributed by atoms with Gasteiger partial charge in [0.2, 0.25) is 0 Å². The summed E-state index contributed by atoms with van der Waals surface area (Å²) in [7, 11) is 0. The number of alkyl halides is 2. The van der Waals surface area contributed by atoms with Crippen LogP contribution in [0, 0.1) is 5.82 Å². The van der Waals surface area contributed by atoms with Crippen molar-refractivity contribution < 1.29 is 22.7 Å². The molecule has 0 aromatic heterocycles. The molecule has 0 N–H and O–H groups in total. The first-order valence-electron chi connectivity index (χ1n) is 6.92. The van der Waals surface area contributed by atoms with Gasteiger partial charge in [-0.05, 0) is 11.6 Å². The summed E-state index contributed by atoms with van der Waals surface area (Å²) in [5.41, 5.74) is 1.74. The number of esters is 1. The van der Waals surface area contributed by atoms with Gasteiger partial charge in [-0.25, -0.2) is 13.2 Å². The van der Waals surface area contributed by atoms with Crippen molar-refractivity contribution in [1.29, 1.82) is 0 Å². The van der Waals surface area contributed by atoms with Gasteiger partial charge >= 0.3 is 5.97 Å². The summed E-state index contributed by atoms with van der Waals surface area (Å²) < 4.78 is 44.3. The lowest BCUT2D eigenvalue weighted by atomic mass is 10.00. The minimum absolute atomic E-state index is 0.0146. The van der Waals surface area contributed by atoms with Gasteiger partial charge in [-0.15, -0.1) is 0 Å². The van der Waals surface area contributed by atoms with E-state index in [0.29, 0.717) is 22.4 Å². The number of ether oxygens (including phenoxy) is 1. The first-order chi connectivity index (χ1) is 11.0. The molecule has 6 heteroatoms. The fourth-order valence-electron chi connectivity index (χ4n) is 2.31. The Morgan fingerprint density at radius 3 is 2.30 bits per heavy atom. The molecule has 23 heavy (non-hydrogen) atoms. The second-order valence-electron chi connectivity index (χ2n) is 5.04. The topological polar surface area (TPSA) is 38.7 Å². The van der Waals surface area contributed by atoms with Crippen LogP contribution in [0.15, 0.2) is 47.5 Å². The van der Waals surface area contributed by atoms with E-state index in [1.807, 2.05) is 0 Å². The molecule has 0 radical (unpaired) electrons. The van der Waals surface area contributed by atoms with Crippen LogP contribution in [-0.2, 0) is 9.53 Å². The molecule has 3 nitrogen and oxygen atoms in total. The van der Waals surface area contributed by atoms with E-state index in [4.69, 9.17) is 4.74 Å². The first kappa shape index (κ1) is 15.3. The number of nitrogens with zero attached hydrogens (tertiary/aromatic N) is 1. The molecule has 0 atom stereocenters. The molecule has 0 fully saturated rings. The lowest BCUT2D eigenvalue weighted by molar-refractivity contribution is -0.140. The Labute approximate surface area is 130 Å². The Bertz CT molecular complexity index is 770. The fourth-order valence-corrected chi connectivity index (χ4v) is 2.31. The Hall–Kier alpha value is -2.63. The standard InChI is InChI=1S/C17H12F3NO2/c18-14-7-12(15-9-23-16(22)8-21-15)5-6-13(14)10-1-3-11(4-2-10)17(19)20/h1-7,17H,8-9H2. The second-order valence-corrected chi connectivity index (χ2v) is 5.04. The van der Waals surface area contributed by atoms with E-state index in [9.17, 15) is 18.0 Å². The highest BCUT2D eigenvalue weighted by atomic mass is 19.3. The molecule has 0 amide bonds. The number of hydrogen-bond donors (Lipinski definition) is 0. The average Bonchev–Trinajstić information content (AvgIpc) is 2.55. The highest BCUT2D eigenvalue weighted by Gasteiger charge is 2.16. The molecule has 0 spiro atoms. The van der Waals surface area contributed by atoms with Gasteiger partial charge < -0.3 is 4.74 Å². The third-order valence-electron chi connectivity index (χ3n) is 3.54. The van der Waals surface area contributed by atoms with Crippen LogP contribution in [-0.4, -0.2) is 24.8 Å². The maximum absolute atomic E-state index is 14.3. The van der Waals surface area contributed by atoms with Gasteiger partial charge in [0.05, 0.1) is 5.71 Å². The molecular weight excluding hydrogens is 307 g/mol. The summed E-state index contributed by atoms with van der Waals surface area (Å²) in [5, 5.41) is 0. The highest BCUT2D eigenvalue weighted by Crippen LogP contribution is 2.27. The molecule has 0 unspecified atom stereocenters. The summed E-state index contributed by atoms with van der Waals surface area (Å²) in [5.74, 6) is -0.906. The van der Waals surface area contributed by atoms with E-state index in [-0.39, 0.29) is 18.7 Å². The molecule has 3 rings (SSSR count). The van der Waals surface area contributed by atoms with Gasteiger partial charge in [0, 0.05) is 16.7 Å². The largest absolute Gasteiger partial charge is 0.458 e. The van der Waals surface area contributed by atoms with E-state index in [0.717, 1.165) is 0 Å². The molecule has 0 bridgehead atoms. The third kappa shape index (κ3) is 3.26. The van der Waals surface area contributed by atoms with E-state index in [1.165, 1.54) is 30.3 Å². The molecule has 2 aromatic carbocycles. The van der Waals surface area contributed by atoms with Crippen LogP contribution < -0.4 is 0 Å².